The van der Waals surface area contributed by atoms with Gasteiger partial charge in [0.2, 0.25) is 0 Å². The first-order chi connectivity index (χ1) is 10.1. The van der Waals surface area contributed by atoms with Crippen LogP contribution in [0.2, 0.25) is 0 Å². The van der Waals surface area contributed by atoms with Crippen molar-refractivity contribution in [2.24, 2.45) is 0 Å². The third kappa shape index (κ3) is 3.75. The lowest BCUT2D eigenvalue weighted by atomic mass is 10.1. The minimum Gasteiger partial charge on any atom is -0.497 e. The summed E-state index contributed by atoms with van der Waals surface area (Å²) in [6.07, 6.45) is 0. The molecule has 0 amide bonds. The van der Waals surface area contributed by atoms with Crippen LogP contribution in [0.1, 0.15) is 22.8 Å². The van der Waals surface area contributed by atoms with Crippen LogP contribution in [-0.4, -0.2) is 20.0 Å². The van der Waals surface area contributed by atoms with Crippen LogP contribution in [-0.2, 0) is 6.61 Å². The van der Waals surface area contributed by atoms with Crippen molar-refractivity contribution in [3.63, 3.8) is 0 Å². The molecule has 0 aliphatic heterocycles. The number of hydrogen-bond donors (Lipinski definition) is 0. The van der Waals surface area contributed by atoms with Gasteiger partial charge in [-0.15, -0.1) is 0 Å². The normalized spacial score (nSPS) is 10.0. The third-order valence-corrected chi connectivity index (χ3v) is 3.14. The number of hydrogen-bond acceptors (Lipinski definition) is 4. The maximum absolute atomic E-state index is 11.2. The second kappa shape index (κ2) is 6.79. The van der Waals surface area contributed by atoms with E-state index in [4.69, 9.17) is 14.2 Å². The largest absolute Gasteiger partial charge is 0.497 e. The molecule has 4 nitrogen and oxygen atoms in total. The SMILES string of the molecule is COc1ccc(OC)c(COc2ccc(C(C)=O)cc2)c1. The maximum Gasteiger partial charge on any atom is 0.159 e. The van der Waals surface area contributed by atoms with Gasteiger partial charge in [0.1, 0.15) is 23.9 Å². The predicted molar refractivity (Wildman–Crippen MR) is 80.3 cm³/mol. The lowest BCUT2D eigenvalue weighted by Gasteiger charge is -2.12. The highest BCUT2D eigenvalue weighted by molar-refractivity contribution is 5.94. The molecular weight excluding hydrogens is 268 g/mol. The van der Waals surface area contributed by atoms with Crippen LogP contribution >= 0.6 is 0 Å². The van der Waals surface area contributed by atoms with Crippen molar-refractivity contribution in [3.8, 4) is 17.2 Å². The minimum absolute atomic E-state index is 0.0380. The summed E-state index contributed by atoms with van der Waals surface area (Å²) in [5.74, 6) is 2.23. The zero-order valence-electron chi connectivity index (χ0n) is 12.4. The van der Waals surface area contributed by atoms with E-state index >= 15 is 0 Å². The first kappa shape index (κ1) is 14.9. The summed E-state index contributed by atoms with van der Waals surface area (Å²) in [7, 11) is 3.24. The molecule has 0 fully saturated rings. The Balaban J connectivity index is 2.10. The Morgan fingerprint density at radius 1 is 0.952 bits per heavy atom. The second-order valence-electron chi connectivity index (χ2n) is 4.55. The summed E-state index contributed by atoms with van der Waals surface area (Å²) in [6.45, 7) is 1.90. The molecule has 0 N–H and O–H groups in total. The zero-order valence-corrected chi connectivity index (χ0v) is 12.4. The van der Waals surface area contributed by atoms with Crippen LogP contribution in [0.3, 0.4) is 0 Å². The molecule has 2 rings (SSSR count). The Bertz CT molecular complexity index is 617. The van der Waals surface area contributed by atoms with Crippen LogP contribution in [0.5, 0.6) is 17.2 Å². The van der Waals surface area contributed by atoms with E-state index in [1.807, 2.05) is 18.2 Å². The molecule has 0 aliphatic carbocycles. The fourth-order valence-electron chi connectivity index (χ4n) is 1.94. The van der Waals surface area contributed by atoms with Crippen molar-refractivity contribution in [2.45, 2.75) is 13.5 Å². The van der Waals surface area contributed by atoms with Gasteiger partial charge < -0.3 is 14.2 Å². The van der Waals surface area contributed by atoms with Gasteiger partial charge in [0.25, 0.3) is 0 Å². The Morgan fingerprint density at radius 2 is 1.62 bits per heavy atom. The molecule has 0 spiro atoms. The molecule has 0 saturated heterocycles. The molecular formula is C17H18O4. The summed E-state index contributed by atoms with van der Waals surface area (Å²) < 4.78 is 16.2. The van der Waals surface area contributed by atoms with Crippen molar-refractivity contribution < 1.29 is 19.0 Å². The van der Waals surface area contributed by atoms with Crippen molar-refractivity contribution in [1.29, 1.82) is 0 Å². The quantitative estimate of drug-likeness (QED) is 0.763. The highest BCUT2D eigenvalue weighted by atomic mass is 16.5. The zero-order chi connectivity index (χ0) is 15.2. The Hall–Kier alpha value is -2.49. The van der Waals surface area contributed by atoms with Gasteiger partial charge in [-0.2, -0.15) is 0 Å². The van der Waals surface area contributed by atoms with Crippen LogP contribution < -0.4 is 14.2 Å². The van der Waals surface area contributed by atoms with Gasteiger partial charge in [0.15, 0.2) is 5.78 Å². The van der Waals surface area contributed by atoms with Gasteiger partial charge in [-0.3, -0.25) is 4.79 Å². The van der Waals surface area contributed by atoms with Gasteiger partial charge in [0.05, 0.1) is 14.2 Å². The standard InChI is InChI=1S/C17H18O4/c1-12(18)13-4-6-15(7-5-13)21-11-14-10-16(19-2)8-9-17(14)20-3/h4-10H,11H2,1-3H3. The van der Waals surface area contributed by atoms with Crippen molar-refractivity contribution in [3.05, 3.63) is 53.6 Å². The van der Waals surface area contributed by atoms with E-state index in [1.165, 1.54) is 6.92 Å². The first-order valence-electron chi connectivity index (χ1n) is 6.58. The number of Topliss-reactive ketones (excluding diaryl/α,β-unsaturated/α-hetero) is 1. The summed E-state index contributed by atoms with van der Waals surface area (Å²) in [6, 6.07) is 12.6. The molecule has 0 radical (unpaired) electrons. The van der Waals surface area contributed by atoms with E-state index in [2.05, 4.69) is 0 Å². The van der Waals surface area contributed by atoms with E-state index in [0.29, 0.717) is 17.9 Å². The third-order valence-electron chi connectivity index (χ3n) is 3.14. The molecule has 0 saturated carbocycles. The Labute approximate surface area is 124 Å². The molecule has 2 aromatic rings. The van der Waals surface area contributed by atoms with Gasteiger partial charge in [-0.1, -0.05) is 0 Å². The minimum atomic E-state index is 0.0380. The molecule has 4 heteroatoms. The first-order valence-corrected chi connectivity index (χ1v) is 6.58. The number of ketones is 1. The molecule has 0 aromatic heterocycles. The average Bonchev–Trinajstić information content (AvgIpc) is 2.52. The van der Waals surface area contributed by atoms with Crippen molar-refractivity contribution >= 4 is 5.78 Å². The highest BCUT2D eigenvalue weighted by Gasteiger charge is 2.06. The molecule has 0 unspecified atom stereocenters. The van der Waals surface area contributed by atoms with Gasteiger partial charge >= 0.3 is 0 Å². The number of carbonyl (C=O) groups excluding carboxylic acids is 1. The summed E-state index contributed by atoms with van der Waals surface area (Å²) in [4.78, 5) is 11.2. The van der Waals surface area contributed by atoms with Crippen LogP contribution in [0.15, 0.2) is 42.5 Å². The van der Waals surface area contributed by atoms with Crippen molar-refractivity contribution in [2.75, 3.05) is 14.2 Å². The van der Waals surface area contributed by atoms with Gasteiger partial charge in [0, 0.05) is 11.1 Å². The molecule has 0 heterocycles. The van der Waals surface area contributed by atoms with Gasteiger partial charge in [-0.05, 0) is 49.4 Å². The Kier molecular flexibility index (Phi) is 4.82. The summed E-state index contributed by atoms with van der Waals surface area (Å²) >= 11 is 0. The monoisotopic (exact) mass is 286 g/mol. The van der Waals surface area contributed by atoms with Crippen LogP contribution in [0, 0.1) is 0 Å². The van der Waals surface area contributed by atoms with E-state index in [-0.39, 0.29) is 5.78 Å². The number of benzene rings is 2. The molecule has 110 valence electrons. The van der Waals surface area contributed by atoms with Crippen LogP contribution in [0.25, 0.3) is 0 Å². The molecule has 2 aromatic carbocycles. The molecule has 21 heavy (non-hydrogen) atoms. The fraction of sp³-hybridized carbons (Fsp3) is 0.235. The van der Waals surface area contributed by atoms with Crippen LogP contribution in [0.4, 0.5) is 0 Å². The average molecular weight is 286 g/mol. The lowest BCUT2D eigenvalue weighted by molar-refractivity contribution is 0.101. The number of rotatable bonds is 6. The number of methoxy groups -OCH3 is 2. The predicted octanol–water partition coefficient (Wildman–Crippen LogP) is 3.49. The fourth-order valence-corrected chi connectivity index (χ4v) is 1.94. The topological polar surface area (TPSA) is 44.8 Å². The van der Waals surface area contributed by atoms with E-state index < -0.39 is 0 Å². The van der Waals surface area contributed by atoms with Gasteiger partial charge in [-0.25, -0.2) is 0 Å². The smallest absolute Gasteiger partial charge is 0.159 e. The van der Waals surface area contributed by atoms with E-state index in [1.54, 1.807) is 38.5 Å². The summed E-state index contributed by atoms with van der Waals surface area (Å²) in [5, 5.41) is 0. The van der Waals surface area contributed by atoms with E-state index in [0.717, 1.165) is 17.1 Å². The highest BCUT2D eigenvalue weighted by Crippen LogP contribution is 2.25. The van der Waals surface area contributed by atoms with Crippen molar-refractivity contribution in [1.82, 2.24) is 0 Å². The summed E-state index contributed by atoms with van der Waals surface area (Å²) in [5.41, 5.74) is 1.56. The molecule has 0 bridgehead atoms. The Morgan fingerprint density at radius 3 is 2.19 bits per heavy atom. The number of ether oxygens (including phenoxy) is 3. The number of carbonyl (C=O) groups is 1. The maximum atomic E-state index is 11.2. The molecule has 0 atom stereocenters. The van der Waals surface area contributed by atoms with E-state index in [9.17, 15) is 4.79 Å². The second-order valence-corrected chi connectivity index (χ2v) is 4.55. The molecule has 0 aliphatic rings. The lowest BCUT2D eigenvalue weighted by Crippen LogP contribution is -2.00.